The molecule has 120 valence electrons. The van der Waals surface area contributed by atoms with Crippen LogP contribution < -0.4 is 0 Å². The first kappa shape index (κ1) is 18.1. The third-order valence-electron chi connectivity index (χ3n) is 4.82. The van der Waals surface area contributed by atoms with Gasteiger partial charge < -0.3 is 4.90 Å². The van der Waals surface area contributed by atoms with Gasteiger partial charge in [-0.15, -0.1) is 0 Å². The van der Waals surface area contributed by atoms with Crippen molar-refractivity contribution in [2.45, 2.75) is 59.4 Å². The molecule has 0 amide bonds. The minimum atomic E-state index is -0.769. The molecule has 0 aromatic heterocycles. The Kier molecular flexibility index (Phi) is 8.30. The van der Waals surface area contributed by atoms with Gasteiger partial charge in [0.1, 0.15) is 0 Å². The van der Waals surface area contributed by atoms with E-state index in [2.05, 4.69) is 23.1 Å². The van der Waals surface area contributed by atoms with Gasteiger partial charge in [-0.3, -0.25) is 0 Å². The summed E-state index contributed by atoms with van der Waals surface area (Å²) in [6, 6.07) is 0.748. The minimum Gasteiger partial charge on any atom is -0.300 e. The van der Waals surface area contributed by atoms with Gasteiger partial charge in [0, 0.05) is 25.4 Å². The molecule has 2 aliphatic heterocycles. The first-order valence-electron chi connectivity index (χ1n) is 8.40. The van der Waals surface area contributed by atoms with Gasteiger partial charge in [0.2, 0.25) is 0 Å². The maximum atomic E-state index is 11.4. The molecule has 0 N–H and O–H groups in total. The number of likely N-dealkylation sites (tertiary alicyclic amines) is 1. The summed E-state index contributed by atoms with van der Waals surface area (Å²) < 4.78 is 13.5. The lowest BCUT2D eigenvalue weighted by Crippen LogP contribution is -2.48. The summed E-state index contributed by atoms with van der Waals surface area (Å²) in [5.74, 6) is 1.78. The highest BCUT2D eigenvalue weighted by Crippen LogP contribution is 2.28. The SMILES string of the molecule is CC.CC(C)C1CCN(C2CCN(S(C)=O)CC2)CC1. The predicted molar refractivity (Wildman–Crippen MR) is 89.1 cm³/mol. The van der Waals surface area contributed by atoms with E-state index in [0.717, 1.165) is 31.0 Å². The van der Waals surface area contributed by atoms with Crippen LogP contribution in [-0.2, 0) is 11.0 Å². The molecule has 0 aliphatic carbocycles. The number of hydrogen-bond acceptors (Lipinski definition) is 2. The molecule has 0 aromatic carbocycles. The Bertz CT molecular complexity index is 280. The fraction of sp³-hybridized carbons (Fsp3) is 1.00. The minimum absolute atomic E-state index is 0.748. The topological polar surface area (TPSA) is 23.6 Å². The van der Waals surface area contributed by atoms with Crippen LogP contribution in [0.3, 0.4) is 0 Å². The molecule has 0 saturated carbocycles. The summed E-state index contributed by atoms with van der Waals surface area (Å²) in [4.78, 5) is 2.69. The number of rotatable bonds is 3. The molecule has 2 rings (SSSR count). The maximum Gasteiger partial charge on any atom is 0.0910 e. The molecule has 0 spiro atoms. The summed E-state index contributed by atoms with van der Waals surface area (Å²) in [7, 11) is -0.769. The summed E-state index contributed by atoms with van der Waals surface area (Å²) in [5.41, 5.74) is 0. The van der Waals surface area contributed by atoms with Crippen LogP contribution in [0.15, 0.2) is 0 Å². The lowest BCUT2D eigenvalue weighted by molar-refractivity contribution is 0.0864. The standard InChI is InChI=1S/C14H28N2OS.C2H6/c1-12(2)13-4-8-15(9-5-13)14-6-10-16(11-7-14)18(3)17;1-2/h12-14H,4-11H2,1-3H3;1-2H3. The zero-order valence-electron chi connectivity index (χ0n) is 14.1. The molecule has 20 heavy (non-hydrogen) atoms. The van der Waals surface area contributed by atoms with Crippen molar-refractivity contribution in [1.82, 2.24) is 9.21 Å². The van der Waals surface area contributed by atoms with Gasteiger partial charge in [0.05, 0.1) is 11.0 Å². The summed E-state index contributed by atoms with van der Waals surface area (Å²) >= 11 is 0. The van der Waals surface area contributed by atoms with Crippen LogP contribution in [0, 0.1) is 11.8 Å². The predicted octanol–water partition coefficient (Wildman–Crippen LogP) is 3.14. The molecule has 1 atom stereocenters. The quantitative estimate of drug-likeness (QED) is 0.799. The fourth-order valence-corrected chi connectivity index (χ4v) is 4.14. The van der Waals surface area contributed by atoms with Gasteiger partial charge in [-0.05, 0) is 50.6 Å². The number of nitrogens with zero attached hydrogens (tertiary/aromatic N) is 2. The van der Waals surface area contributed by atoms with E-state index in [0.29, 0.717) is 0 Å². The van der Waals surface area contributed by atoms with Gasteiger partial charge in [-0.1, -0.05) is 27.7 Å². The van der Waals surface area contributed by atoms with Crippen molar-refractivity contribution in [2.24, 2.45) is 11.8 Å². The Labute approximate surface area is 128 Å². The van der Waals surface area contributed by atoms with Gasteiger partial charge in [0.25, 0.3) is 0 Å². The van der Waals surface area contributed by atoms with Gasteiger partial charge in [0.15, 0.2) is 0 Å². The van der Waals surface area contributed by atoms with Gasteiger partial charge in [-0.25, -0.2) is 8.51 Å². The second-order valence-electron chi connectivity index (χ2n) is 6.20. The monoisotopic (exact) mass is 302 g/mol. The Morgan fingerprint density at radius 3 is 1.85 bits per heavy atom. The van der Waals surface area contributed by atoms with Crippen molar-refractivity contribution in [3.05, 3.63) is 0 Å². The van der Waals surface area contributed by atoms with Crippen molar-refractivity contribution in [1.29, 1.82) is 0 Å². The van der Waals surface area contributed by atoms with Crippen LogP contribution in [0.25, 0.3) is 0 Å². The zero-order valence-corrected chi connectivity index (χ0v) is 14.9. The molecule has 3 nitrogen and oxygen atoms in total. The molecular weight excluding hydrogens is 268 g/mol. The smallest absolute Gasteiger partial charge is 0.0910 e. The lowest BCUT2D eigenvalue weighted by Gasteiger charge is -2.42. The third kappa shape index (κ3) is 5.12. The van der Waals surface area contributed by atoms with E-state index >= 15 is 0 Å². The molecule has 0 bridgehead atoms. The largest absolute Gasteiger partial charge is 0.300 e. The molecule has 2 aliphatic rings. The van der Waals surface area contributed by atoms with Crippen molar-refractivity contribution < 1.29 is 4.21 Å². The van der Waals surface area contributed by atoms with E-state index < -0.39 is 11.0 Å². The lowest BCUT2D eigenvalue weighted by atomic mass is 9.85. The highest BCUT2D eigenvalue weighted by Gasteiger charge is 2.29. The van der Waals surface area contributed by atoms with E-state index in [1.54, 1.807) is 6.26 Å². The Morgan fingerprint density at radius 1 is 0.950 bits per heavy atom. The van der Waals surface area contributed by atoms with Crippen LogP contribution in [-0.4, -0.2) is 51.9 Å². The fourth-order valence-electron chi connectivity index (χ4n) is 3.42. The molecule has 2 fully saturated rings. The molecular formula is C16H34N2OS. The highest BCUT2D eigenvalue weighted by atomic mass is 32.2. The van der Waals surface area contributed by atoms with Crippen LogP contribution in [0.2, 0.25) is 0 Å². The van der Waals surface area contributed by atoms with Gasteiger partial charge >= 0.3 is 0 Å². The van der Waals surface area contributed by atoms with E-state index in [9.17, 15) is 4.21 Å². The maximum absolute atomic E-state index is 11.4. The Hall–Kier alpha value is 0.0700. The van der Waals surface area contributed by atoms with E-state index in [1.165, 1.54) is 38.8 Å². The number of piperidine rings is 2. The molecule has 0 aromatic rings. The normalized spacial score (nSPS) is 25.3. The van der Waals surface area contributed by atoms with Crippen LogP contribution in [0.4, 0.5) is 0 Å². The van der Waals surface area contributed by atoms with Crippen molar-refractivity contribution >= 4 is 11.0 Å². The van der Waals surface area contributed by atoms with Gasteiger partial charge in [-0.2, -0.15) is 0 Å². The van der Waals surface area contributed by atoms with Crippen LogP contribution in [0.1, 0.15) is 53.4 Å². The summed E-state index contributed by atoms with van der Waals surface area (Å²) in [6.07, 6.45) is 6.95. The molecule has 1 unspecified atom stereocenters. The van der Waals surface area contributed by atoms with E-state index in [4.69, 9.17) is 0 Å². The summed E-state index contributed by atoms with van der Waals surface area (Å²) in [5, 5.41) is 0. The average Bonchev–Trinajstić information content (AvgIpc) is 2.49. The van der Waals surface area contributed by atoms with Crippen molar-refractivity contribution in [3.63, 3.8) is 0 Å². The second-order valence-corrected chi connectivity index (χ2v) is 7.57. The number of hydrogen-bond donors (Lipinski definition) is 0. The first-order chi connectivity index (χ1) is 9.58. The first-order valence-corrected chi connectivity index (χ1v) is 9.92. The molecule has 0 radical (unpaired) electrons. The van der Waals surface area contributed by atoms with Crippen LogP contribution in [0.5, 0.6) is 0 Å². The molecule has 4 heteroatoms. The highest BCUT2D eigenvalue weighted by molar-refractivity contribution is 7.81. The Balaban J connectivity index is 0.000000956. The zero-order chi connectivity index (χ0) is 15.1. The van der Waals surface area contributed by atoms with E-state index in [1.807, 2.05) is 13.8 Å². The van der Waals surface area contributed by atoms with Crippen LogP contribution >= 0.6 is 0 Å². The Morgan fingerprint density at radius 2 is 1.45 bits per heavy atom. The summed E-state index contributed by atoms with van der Waals surface area (Å²) in [6.45, 7) is 13.3. The third-order valence-corrected chi connectivity index (χ3v) is 5.91. The molecule has 2 saturated heterocycles. The van der Waals surface area contributed by atoms with Crippen molar-refractivity contribution in [2.75, 3.05) is 32.4 Å². The van der Waals surface area contributed by atoms with E-state index in [-0.39, 0.29) is 0 Å². The second kappa shape index (κ2) is 9.16. The average molecular weight is 303 g/mol. The molecule has 2 heterocycles. The van der Waals surface area contributed by atoms with Crippen molar-refractivity contribution in [3.8, 4) is 0 Å².